The number of halogens is 1. The van der Waals surface area contributed by atoms with Crippen molar-refractivity contribution < 1.29 is 4.74 Å². The van der Waals surface area contributed by atoms with Crippen molar-refractivity contribution in [1.29, 1.82) is 0 Å². The summed E-state index contributed by atoms with van der Waals surface area (Å²) in [5.74, 6) is 1.33. The van der Waals surface area contributed by atoms with Crippen LogP contribution in [0.4, 0.5) is 17.5 Å². The minimum absolute atomic E-state index is 0.432. The largest absolute Gasteiger partial charge is 0.378 e. The van der Waals surface area contributed by atoms with Crippen LogP contribution in [0.25, 0.3) is 0 Å². The van der Waals surface area contributed by atoms with Crippen LogP contribution in [0, 0.1) is 6.92 Å². The van der Waals surface area contributed by atoms with Crippen molar-refractivity contribution in [2.75, 3.05) is 36.5 Å². The Morgan fingerprint density at radius 3 is 2.57 bits per heavy atom. The van der Waals surface area contributed by atoms with Crippen molar-refractivity contribution in [1.82, 2.24) is 9.97 Å². The molecule has 21 heavy (non-hydrogen) atoms. The molecular formula is C15H17ClN4O. The number of aromatic nitrogens is 2. The van der Waals surface area contributed by atoms with Crippen molar-refractivity contribution in [2.45, 2.75) is 6.92 Å². The van der Waals surface area contributed by atoms with Gasteiger partial charge in [0.2, 0.25) is 5.95 Å². The summed E-state index contributed by atoms with van der Waals surface area (Å²) >= 11 is 6.11. The molecule has 0 bridgehead atoms. The lowest BCUT2D eigenvalue weighted by Gasteiger charge is -2.27. The molecule has 1 aromatic heterocycles. The molecule has 6 heteroatoms. The predicted molar refractivity (Wildman–Crippen MR) is 84.5 cm³/mol. The molecule has 0 amide bonds. The van der Waals surface area contributed by atoms with Crippen LogP contribution in [0.1, 0.15) is 5.56 Å². The average Bonchev–Trinajstić information content (AvgIpc) is 2.50. The first-order valence-electron chi connectivity index (χ1n) is 6.92. The standard InChI is InChI=1S/C15H17ClN4O/c1-11-2-4-12(5-3-11)17-14-10-13(16)18-15(19-14)20-6-8-21-9-7-20/h2-5,10H,6-9H2,1H3,(H,17,18,19). The van der Waals surface area contributed by atoms with Gasteiger partial charge in [-0.3, -0.25) is 0 Å². The van der Waals surface area contributed by atoms with Crippen molar-refractivity contribution in [2.24, 2.45) is 0 Å². The van der Waals surface area contributed by atoms with E-state index in [4.69, 9.17) is 16.3 Å². The Kier molecular flexibility index (Phi) is 4.22. The number of hydrogen-bond acceptors (Lipinski definition) is 5. The summed E-state index contributed by atoms with van der Waals surface area (Å²) in [5, 5.41) is 3.69. The van der Waals surface area contributed by atoms with Gasteiger partial charge in [-0.1, -0.05) is 29.3 Å². The Hall–Kier alpha value is -1.85. The Morgan fingerprint density at radius 1 is 1.14 bits per heavy atom. The highest BCUT2D eigenvalue weighted by Gasteiger charge is 2.15. The number of nitrogens with one attached hydrogen (secondary N) is 1. The van der Waals surface area contributed by atoms with Crippen molar-refractivity contribution >= 4 is 29.1 Å². The van der Waals surface area contributed by atoms with Gasteiger partial charge in [0, 0.05) is 24.8 Å². The Labute approximate surface area is 128 Å². The summed E-state index contributed by atoms with van der Waals surface area (Å²) < 4.78 is 5.34. The monoisotopic (exact) mass is 304 g/mol. The van der Waals surface area contributed by atoms with Crippen LogP contribution < -0.4 is 10.2 Å². The Balaban J connectivity index is 1.81. The van der Waals surface area contributed by atoms with Crippen LogP contribution in [-0.2, 0) is 4.74 Å². The van der Waals surface area contributed by atoms with Gasteiger partial charge in [-0.15, -0.1) is 0 Å². The van der Waals surface area contributed by atoms with Gasteiger partial charge in [0.25, 0.3) is 0 Å². The van der Waals surface area contributed by atoms with Gasteiger partial charge in [-0.05, 0) is 19.1 Å². The Morgan fingerprint density at radius 2 is 1.86 bits per heavy atom. The lowest BCUT2D eigenvalue weighted by Crippen LogP contribution is -2.37. The zero-order chi connectivity index (χ0) is 14.7. The van der Waals surface area contributed by atoms with Crippen molar-refractivity contribution in [3.63, 3.8) is 0 Å². The SMILES string of the molecule is Cc1ccc(Nc2cc(Cl)nc(N3CCOCC3)n2)cc1. The number of ether oxygens (including phenoxy) is 1. The molecule has 1 aromatic carbocycles. The van der Waals surface area contributed by atoms with E-state index in [1.165, 1.54) is 5.56 Å². The van der Waals surface area contributed by atoms with Crippen LogP contribution in [0.3, 0.4) is 0 Å². The van der Waals surface area contributed by atoms with E-state index < -0.39 is 0 Å². The van der Waals surface area contributed by atoms with E-state index in [1.54, 1.807) is 6.07 Å². The van der Waals surface area contributed by atoms with Gasteiger partial charge in [0.15, 0.2) is 0 Å². The minimum Gasteiger partial charge on any atom is -0.378 e. The fourth-order valence-corrected chi connectivity index (χ4v) is 2.34. The van der Waals surface area contributed by atoms with E-state index in [0.717, 1.165) is 18.8 Å². The van der Waals surface area contributed by atoms with Gasteiger partial charge in [-0.2, -0.15) is 4.98 Å². The predicted octanol–water partition coefficient (Wildman–Crippen LogP) is 3.02. The van der Waals surface area contributed by atoms with E-state index in [0.29, 0.717) is 30.1 Å². The summed E-state index contributed by atoms with van der Waals surface area (Å²) in [6.07, 6.45) is 0. The van der Waals surface area contributed by atoms with Crippen LogP contribution >= 0.6 is 11.6 Å². The molecule has 2 aromatic rings. The maximum Gasteiger partial charge on any atom is 0.228 e. The molecule has 3 rings (SSSR count). The summed E-state index contributed by atoms with van der Waals surface area (Å²) in [4.78, 5) is 10.9. The number of aryl methyl sites for hydroxylation is 1. The number of nitrogens with zero attached hydrogens (tertiary/aromatic N) is 3. The minimum atomic E-state index is 0.432. The van der Waals surface area contributed by atoms with E-state index in [9.17, 15) is 0 Å². The molecular weight excluding hydrogens is 288 g/mol. The average molecular weight is 305 g/mol. The first-order valence-corrected chi connectivity index (χ1v) is 7.29. The molecule has 1 aliphatic heterocycles. The molecule has 0 saturated carbocycles. The third-order valence-electron chi connectivity index (χ3n) is 3.30. The number of anilines is 3. The third kappa shape index (κ3) is 3.62. The van der Waals surface area contributed by atoms with Crippen molar-refractivity contribution in [3.05, 3.63) is 41.0 Å². The smallest absolute Gasteiger partial charge is 0.228 e. The van der Waals surface area contributed by atoms with Crippen LogP contribution in [0.15, 0.2) is 30.3 Å². The lowest BCUT2D eigenvalue weighted by molar-refractivity contribution is 0.122. The summed E-state index contributed by atoms with van der Waals surface area (Å²) in [6.45, 7) is 5.00. The molecule has 0 unspecified atom stereocenters. The molecule has 1 fully saturated rings. The molecule has 5 nitrogen and oxygen atoms in total. The second kappa shape index (κ2) is 6.28. The topological polar surface area (TPSA) is 50.3 Å². The second-order valence-electron chi connectivity index (χ2n) is 4.97. The molecule has 0 radical (unpaired) electrons. The highest BCUT2D eigenvalue weighted by atomic mass is 35.5. The maximum atomic E-state index is 6.11. The van der Waals surface area contributed by atoms with Gasteiger partial charge in [0.1, 0.15) is 11.0 Å². The fourth-order valence-electron chi connectivity index (χ4n) is 2.16. The number of benzene rings is 1. The highest BCUT2D eigenvalue weighted by Crippen LogP contribution is 2.21. The third-order valence-corrected chi connectivity index (χ3v) is 3.49. The van der Waals surface area contributed by atoms with Crippen LogP contribution in [0.5, 0.6) is 0 Å². The van der Waals surface area contributed by atoms with Crippen LogP contribution in [-0.4, -0.2) is 36.3 Å². The molecule has 1 aliphatic rings. The first kappa shape index (κ1) is 14.1. The van der Waals surface area contributed by atoms with E-state index in [2.05, 4.69) is 27.1 Å². The van der Waals surface area contributed by atoms with E-state index >= 15 is 0 Å². The van der Waals surface area contributed by atoms with Gasteiger partial charge in [-0.25, -0.2) is 4.98 Å². The summed E-state index contributed by atoms with van der Waals surface area (Å²) in [6, 6.07) is 9.85. The number of hydrogen-bond donors (Lipinski definition) is 1. The van der Waals surface area contributed by atoms with E-state index in [-0.39, 0.29) is 0 Å². The van der Waals surface area contributed by atoms with Crippen LogP contribution in [0.2, 0.25) is 5.15 Å². The zero-order valence-electron chi connectivity index (χ0n) is 11.8. The lowest BCUT2D eigenvalue weighted by atomic mass is 10.2. The second-order valence-corrected chi connectivity index (χ2v) is 5.35. The number of morpholine rings is 1. The summed E-state index contributed by atoms with van der Waals surface area (Å²) in [5.41, 5.74) is 2.19. The first-order chi connectivity index (χ1) is 10.2. The van der Waals surface area contributed by atoms with Gasteiger partial charge < -0.3 is 15.0 Å². The molecule has 0 aliphatic carbocycles. The molecule has 0 spiro atoms. The van der Waals surface area contributed by atoms with Gasteiger partial charge in [0.05, 0.1) is 13.2 Å². The quantitative estimate of drug-likeness (QED) is 0.883. The van der Waals surface area contributed by atoms with Crippen molar-refractivity contribution in [3.8, 4) is 0 Å². The maximum absolute atomic E-state index is 6.11. The van der Waals surface area contributed by atoms with E-state index in [1.807, 2.05) is 24.3 Å². The Bertz CT molecular complexity index is 612. The highest BCUT2D eigenvalue weighted by molar-refractivity contribution is 6.29. The molecule has 110 valence electrons. The number of rotatable bonds is 3. The molecule has 0 atom stereocenters. The van der Waals surface area contributed by atoms with Gasteiger partial charge >= 0.3 is 0 Å². The summed E-state index contributed by atoms with van der Waals surface area (Å²) in [7, 11) is 0. The molecule has 1 saturated heterocycles. The normalized spacial score (nSPS) is 15.0. The molecule has 2 heterocycles. The fraction of sp³-hybridized carbons (Fsp3) is 0.333. The molecule has 1 N–H and O–H groups in total. The zero-order valence-corrected chi connectivity index (χ0v) is 12.6.